The lowest BCUT2D eigenvalue weighted by atomic mass is 10.0. The molecule has 2 saturated heterocycles. The van der Waals surface area contributed by atoms with E-state index in [1.807, 2.05) is 0 Å². The average molecular weight is 238 g/mol. The lowest BCUT2D eigenvalue weighted by Gasteiger charge is -2.31. The first-order valence-corrected chi connectivity index (χ1v) is 6.92. The minimum absolute atomic E-state index is 0.0189. The highest BCUT2D eigenvalue weighted by atomic mass is 16.5. The van der Waals surface area contributed by atoms with E-state index in [1.165, 1.54) is 12.8 Å². The van der Waals surface area contributed by atoms with E-state index in [2.05, 4.69) is 24.1 Å². The van der Waals surface area contributed by atoms with E-state index in [0.29, 0.717) is 18.1 Å². The first-order valence-electron chi connectivity index (χ1n) is 6.92. The summed E-state index contributed by atoms with van der Waals surface area (Å²) in [6, 6.07) is 0.333. The molecule has 4 unspecified atom stereocenters. The fourth-order valence-electron chi connectivity index (χ4n) is 3.33. The van der Waals surface area contributed by atoms with Gasteiger partial charge in [0.25, 0.3) is 0 Å². The van der Waals surface area contributed by atoms with Gasteiger partial charge in [-0.15, -0.1) is 0 Å². The standard InChI is InChI=1S/C13H22N2O2/c1-3-10-13(16)15(8(2)14-10)11-6-7-17-12(11)9-4-5-9/h8-12,14H,3-7H2,1-2H3. The van der Waals surface area contributed by atoms with E-state index in [1.54, 1.807) is 0 Å². The quantitative estimate of drug-likeness (QED) is 0.801. The molecule has 0 aromatic carbocycles. The van der Waals surface area contributed by atoms with Crippen molar-refractivity contribution in [2.24, 2.45) is 5.92 Å². The third-order valence-corrected chi connectivity index (χ3v) is 4.37. The second-order valence-corrected chi connectivity index (χ2v) is 5.58. The predicted molar refractivity (Wildman–Crippen MR) is 64.4 cm³/mol. The number of carbonyl (C=O) groups is 1. The number of hydrogen-bond donors (Lipinski definition) is 1. The van der Waals surface area contributed by atoms with Crippen LogP contribution in [0.5, 0.6) is 0 Å². The summed E-state index contributed by atoms with van der Waals surface area (Å²) >= 11 is 0. The van der Waals surface area contributed by atoms with Gasteiger partial charge in [0, 0.05) is 6.61 Å². The summed E-state index contributed by atoms with van der Waals surface area (Å²) in [6.45, 7) is 4.98. The van der Waals surface area contributed by atoms with E-state index in [9.17, 15) is 4.79 Å². The SMILES string of the molecule is CCC1NC(C)N(C2CCOC2C2CC2)C1=O. The van der Waals surface area contributed by atoms with Crippen molar-refractivity contribution in [3.63, 3.8) is 0 Å². The van der Waals surface area contributed by atoms with Crippen LogP contribution in [-0.2, 0) is 9.53 Å². The van der Waals surface area contributed by atoms with Gasteiger partial charge in [-0.25, -0.2) is 0 Å². The van der Waals surface area contributed by atoms with Crippen molar-refractivity contribution in [3.8, 4) is 0 Å². The Labute approximate surface area is 103 Å². The molecule has 3 rings (SSSR count). The molecule has 1 N–H and O–H groups in total. The van der Waals surface area contributed by atoms with Gasteiger partial charge in [0.1, 0.15) is 0 Å². The number of nitrogens with one attached hydrogen (secondary N) is 1. The third kappa shape index (κ3) is 1.87. The molecule has 0 aromatic rings. The lowest BCUT2D eigenvalue weighted by Crippen LogP contribution is -2.47. The van der Waals surface area contributed by atoms with Crippen LogP contribution in [0.2, 0.25) is 0 Å². The van der Waals surface area contributed by atoms with Crippen molar-refractivity contribution >= 4 is 5.91 Å². The van der Waals surface area contributed by atoms with Gasteiger partial charge in [0.05, 0.1) is 24.4 Å². The minimum Gasteiger partial charge on any atom is -0.376 e. The fraction of sp³-hybridized carbons (Fsp3) is 0.923. The molecule has 96 valence electrons. The Morgan fingerprint density at radius 1 is 1.41 bits per heavy atom. The minimum atomic E-state index is 0.0189. The van der Waals surface area contributed by atoms with Crippen molar-refractivity contribution in [2.75, 3.05) is 6.61 Å². The summed E-state index contributed by atoms with van der Waals surface area (Å²) in [5, 5.41) is 3.38. The highest BCUT2D eigenvalue weighted by molar-refractivity contribution is 5.84. The lowest BCUT2D eigenvalue weighted by molar-refractivity contribution is -0.133. The van der Waals surface area contributed by atoms with E-state index in [-0.39, 0.29) is 18.1 Å². The molecule has 3 aliphatic rings. The predicted octanol–water partition coefficient (Wildman–Crippen LogP) is 1.11. The zero-order valence-corrected chi connectivity index (χ0v) is 10.7. The molecule has 1 saturated carbocycles. The van der Waals surface area contributed by atoms with Gasteiger partial charge < -0.3 is 9.64 Å². The molecule has 0 spiro atoms. The van der Waals surface area contributed by atoms with Crippen LogP contribution in [-0.4, -0.2) is 41.8 Å². The summed E-state index contributed by atoms with van der Waals surface area (Å²) in [5.41, 5.74) is 0. The van der Waals surface area contributed by atoms with Crippen LogP contribution >= 0.6 is 0 Å². The van der Waals surface area contributed by atoms with Crippen LogP contribution in [0.15, 0.2) is 0 Å². The first kappa shape index (κ1) is 11.5. The summed E-state index contributed by atoms with van der Waals surface area (Å²) in [5.74, 6) is 0.990. The Hall–Kier alpha value is -0.610. The molecule has 1 aliphatic carbocycles. The van der Waals surface area contributed by atoms with Gasteiger partial charge in [-0.05, 0) is 38.5 Å². The molecule has 2 aliphatic heterocycles. The van der Waals surface area contributed by atoms with E-state index in [0.717, 1.165) is 19.4 Å². The van der Waals surface area contributed by atoms with Crippen LogP contribution in [0.4, 0.5) is 0 Å². The van der Waals surface area contributed by atoms with E-state index < -0.39 is 0 Å². The molecular formula is C13H22N2O2. The first-order chi connectivity index (χ1) is 8.22. The summed E-state index contributed by atoms with van der Waals surface area (Å²) in [6.07, 6.45) is 4.92. The van der Waals surface area contributed by atoms with Crippen LogP contribution in [0.3, 0.4) is 0 Å². The fourth-order valence-corrected chi connectivity index (χ4v) is 3.33. The van der Waals surface area contributed by atoms with Crippen molar-refractivity contribution < 1.29 is 9.53 Å². The Bertz CT molecular complexity index is 317. The molecule has 0 aromatic heterocycles. The number of carbonyl (C=O) groups excluding carboxylic acids is 1. The Morgan fingerprint density at radius 2 is 2.18 bits per heavy atom. The van der Waals surface area contributed by atoms with Crippen LogP contribution < -0.4 is 5.32 Å². The molecule has 3 fully saturated rings. The second-order valence-electron chi connectivity index (χ2n) is 5.58. The van der Waals surface area contributed by atoms with Crippen LogP contribution in [0.1, 0.15) is 39.5 Å². The number of hydrogen-bond acceptors (Lipinski definition) is 3. The van der Waals surface area contributed by atoms with Crippen molar-refractivity contribution in [2.45, 2.75) is 63.9 Å². The van der Waals surface area contributed by atoms with Gasteiger partial charge >= 0.3 is 0 Å². The molecule has 4 heteroatoms. The molecule has 4 atom stereocenters. The van der Waals surface area contributed by atoms with Gasteiger partial charge in [-0.2, -0.15) is 0 Å². The Balaban J connectivity index is 1.76. The Kier molecular flexibility index (Phi) is 2.87. The highest BCUT2D eigenvalue weighted by Gasteiger charge is 2.48. The molecule has 4 nitrogen and oxygen atoms in total. The molecular weight excluding hydrogens is 216 g/mol. The van der Waals surface area contributed by atoms with Gasteiger partial charge in [0.2, 0.25) is 5.91 Å². The van der Waals surface area contributed by atoms with Gasteiger partial charge in [-0.3, -0.25) is 10.1 Å². The number of amides is 1. The molecule has 0 radical (unpaired) electrons. The number of nitrogens with zero attached hydrogens (tertiary/aromatic N) is 1. The van der Waals surface area contributed by atoms with Gasteiger partial charge in [0.15, 0.2) is 0 Å². The molecule has 1 amide bonds. The maximum atomic E-state index is 12.3. The normalized spacial score (nSPS) is 42.5. The number of rotatable bonds is 3. The maximum absolute atomic E-state index is 12.3. The second kappa shape index (κ2) is 4.25. The smallest absolute Gasteiger partial charge is 0.241 e. The van der Waals surface area contributed by atoms with E-state index >= 15 is 0 Å². The Morgan fingerprint density at radius 3 is 2.76 bits per heavy atom. The molecule has 0 bridgehead atoms. The highest BCUT2D eigenvalue weighted by Crippen LogP contribution is 2.41. The average Bonchev–Trinajstić information content (AvgIpc) is 2.98. The van der Waals surface area contributed by atoms with Gasteiger partial charge in [-0.1, -0.05) is 6.92 Å². The van der Waals surface area contributed by atoms with Crippen molar-refractivity contribution in [1.29, 1.82) is 0 Å². The van der Waals surface area contributed by atoms with E-state index in [4.69, 9.17) is 4.74 Å². The molecule has 17 heavy (non-hydrogen) atoms. The summed E-state index contributed by atoms with van der Waals surface area (Å²) in [4.78, 5) is 14.4. The topological polar surface area (TPSA) is 41.6 Å². The summed E-state index contributed by atoms with van der Waals surface area (Å²) in [7, 11) is 0. The zero-order valence-electron chi connectivity index (χ0n) is 10.7. The van der Waals surface area contributed by atoms with Crippen LogP contribution in [0, 0.1) is 5.92 Å². The van der Waals surface area contributed by atoms with Crippen molar-refractivity contribution in [1.82, 2.24) is 10.2 Å². The van der Waals surface area contributed by atoms with Crippen molar-refractivity contribution in [3.05, 3.63) is 0 Å². The zero-order chi connectivity index (χ0) is 12.0. The maximum Gasteiger partial charge on any atom is 0.241 e. The summed E-state index contributed by atoms with van der Waals surface area (Å²) < 4.78 is 5.85. The monoisotopic (exact) mass is 238 g/mol. The van der Waals surface area contributed by atoms with Crippen LogP contribution in [0.25, 0.3) is 0 Å². The third-order valence-electron chi connectivity index (χ3n) is 4.37. The molecule has 2 heterocycles. The number of ether oxygens (including phenoxy) is 1. The largest absolute Gasteiger partial charge is 0.376 e.